The average Bonchev–Trinajstić information content (AvgIpc) is 2.28. The number of ether oxygens (including phenoxy) is 1. The first-order chi connectivity index (χ1) is 8.75. The van der Waals surface area contributed by atoms with Crippen molar-refractivity contribution < 1.29 is 17.4 Å². The highest BCUT2D eigenvalue weighted by atomic mass is 32.3. The molecule has 1 unspecified atom stereocenters. The van der Waals surface area contributed by atoms with Gasteiger partial charge in [-0.15, -0.1) is 10.0 Å². The van der Waals surface area contributed by atoms with Gasteiger partial charge in [-0.05, 0) is 20.8 Å². The molecule has 112 valence electrons. The van der Waals surface area contributed by atoms with Crippen LogP contribution in [0.25, 0.3) is 0 Å². The molecule has 0 spiro atoms. The quantitative estimate of drug-likeness (QED) is 0.368. The molecule has 1 atom stereocenters. The van der Waals surface area contributed by atoms with Crippen molar-refractivity contribution in [3.8, 4) is 11.8 Å². The monoisotopic (exact) mass is 311 g/mol. The second kappa shape index (κ2) is 8.63. The van der Waals surface area contributed by atoms with E-state index < -0.39 is 25.9 Å². The van der Waals surface area contributed by atoms with Crippen molar-refractivity contribution >= 4 is 21.2 Å². The molecule has 0 bridgehead atoms. The molecule has 19 heavy (non-hydrogen) atoms. The normalized spacial score (nSPS) is 13.7. The van der Waals surface area contributed by atoms with Crippen LogP contribution in [0, 0.1) is 11.8 Å². The van der Waals surface area contributed by atoms with Gasteiger partial charge in [0.2, 0.25) is 0 Å². The van der Waals surface area contributed by atoms with E-state index in [2.05, 4.69) is 16.6 Å². The van der Waals surface area contributed by atoms with E-state index in [9.17, 15) is 12.6 Å². The third-order valence-electron chi connectivity index (χ3n) is 1.88. The zero-order valence-electron chi connectivity index (χ0n) is 11.4. The van der Waals surface area contributed by atoms with E-state index in [4.69, 9.17) is 10.5 Å². The summed E-state index contributed by atoms with van der Waals surface area (Å²) in [5.74, 6) is 5.30. The molecule has 0 aromatic heterocycles. The van der Waals surface area contributed by atoms with E-state index in [0.717, 1.165) is 0 Å². The van der Waals surface area contributed by atoms with Gasteiger partial charge in [-0.25, -0.2) is 4.21 Å². The SMILES string of the molecule is CC#CC(C)(C)S(=O)NS(=O)(=O)NCCOCCN. The second-order valence-electron chi connectivity index (χ2n) is 4.04. The molecule has 0 heterocycles. The highest BCUT2D eigenvalue weighted by Crippen LogP contribution is 2.09. The van der Waals surface area contributed by atoms with E-state index in [1.165, 1.54) is 0 Å². The number of rotatable bonds is 9. The minimum absolute atomic E-state index is 0.0758. The zero-order valence-corrected chi connectivity index (χ0v) is 13.0. The molecule has 0 aliphatic rings. The van der Waals surface area contributed by atoms with E-state index in [0.29, 0.717) is 13.2 Å². The van der Waals surface area contributed by atoms with Crippen LogP contribution in [-0.4, -0.2) is 43.7 Å². The fraction of sp³-hybridized carbons (Fsp3) is 0.800. The van der Waals surface area contributed by atoms with Gasteiger partial charge in [0, 0.05) is 13.1 Å². The van der Waals surface area contributed by atoms with Crippen LogP contribution in [0.1, 0.15) is 20.8 Å². The van der Waals surface area contributed by atoms with Crippen LogP contribution in [0.5, 0.6) is 0 Å². The second-order valence-corrected chi connectivity index (χ2v) is 7.56. The lowest BCUT2D eigenvalue weighted by atomic mass is 10.2. The lowest BCUT2D eigenvalue weighted by Gasteiger charge is -2.17. The standard InChI is InChI=1S/C10H21N3O4S2/c1-4-5-10(2,3)18(14)13-19(15,16)12-7-9-17-8-6-11/h12-13H,6-9,11H2,1-3H3. The molecule has 0 radical (unpaired) electrons. The number of nitrogens with two attached hydrogens (primary N) is 1. The summed E-state index contributed by atoms with van der Waals surface area (Å²) in [6, 6.07) is 0. The number of hydrogen-bond donors (Lipinski definition) is 3. The van der Waals surface area contributed by atoms with Crippen LogP contribution >= 0.6 is 0 Å². The topological polar surface area (TPSA) is 111 Å². The maximum atomic E-state index is 11.8. The van der Waals surface area contributed by atoms with Crippen LogP contribution in [0.4, 0.5) is 0 Å². The summed E-state index contributed by atoms with van der Waals surface area (Å²) in [5, 5.41) is 0. The zero-order chi connectivity index (χ0) is 14.9. The Morgan fingerprint density at radius 1 is 1.37 bits per heavy atom. The molecule has 0 aliphatic heterocycles. The predicted molar refractivity (Wildman–Crippen MR) is 75.6 cm³/mol. The first-order valence-electron chi connectivity index (χ1n) is 5.66. The maximum absolute atomic E-state index is 11.8. The van der Waals surface area contributed by atoms with Gasteiger partial charge in [-0.1, -0.05) is 5.92 Å². The molecule has 7 nitrogen and oxygen atoms in total. The summed E-state index contributed by atoms with van der Waals surface area (Å²) in [5.41, 5.74) is 5.21. The smallest absolute Gasteiger partial charge is 0.288 e. The van der Waals surface area contributed by atoms with Crippen molar-refractivity contribution in [1.82, 2.24) is 8.85 Å². The van der Waals surface area contributed by atoms with Gasteiger partial charge in [-0.2, -0.15) is 13.1 Å². The molecule has 0 aromatic carbocycles. The van der Waals surface area contributed by atoms with E-state index in [1.807, 2.05) is 4.13 Å². The summed E-state index contributed by atoms with van der Waals surface area (Å²) in [6.07, 6.45) is 0. The van der Waals surface area contributed by atoms with Crippen molar-refractivity contribution in [3.63, 3.8) is 0 Å². The first kappa shape index (κ1) is 18.5. The Morgan fingerprint density at radius 3 is 2.53 bits per heavy atom. The van der Waals surface area contributed by atoms with Crippen molar-refractivity contribution in [2.45, 2.75) is 25.5 Å². The third-order valence-corrected chi connectivity index (χ3v) is 4.97. The molecule has 4 N–H and O–H groups in total. The van der Waals surface area contributed by atoms with Crippen LogP contribution < -0.4 is 14.6 Å². The van der Waals surface area contributed by atoms with Gasteiger partial charge < -0.3 is 10.5 Å². The van der Waals surface area contributed by atoms with Gasteiger partial charge in [0.1, 0.15) is 15.7 Å². The average molecular weight is 311 g/mol. The summed E-state index contributed by atoms with van der Waals surface area (Å²) >= 11 is 0. The van der Waals surface area contributed by atoms with Crippen LogP contribution in [-0.2, 0) is 25.9 Å². The molecular formula is C10H21N3O4S2. The van der Waals surface area contributed by atoms with Gasteiger partial charge >= 0.3 is 0 Å². The predicted octanol–water partition coefficient (Wildman–Crippen LogP) is -1.15. The molecule has 0 rings (SSSR count). The highest BCUT2D eigenvalue weighted by molar-refractivity contribution is 8.01. The van der Waals surface area contributed by atoms with Crippen LogP contribution in [0.2, 0.25) is 0 Å². The van der Waals surface area contributed by atoms with Gasteiger partial charge in [0.05, 0.1) is 13.2 Å². The Balaban J connectivity index is 4.29. The van der Waals surface area contributed by atoms with Crippen LogP contribution in [0.3, 0.4) is 0 Å². The Labute approximate surface area is 117 Å². The van der Waals surface area contributed by atoms with Crippen molar-refractivity contribution in [3.05, 3.63) is 0 Å². The van der Waals surface area contributed by atoms with Gasteiger partial charge in [-0.3, -0.25) is 0 Å². The number of nitrogens with one attached hydrogen (secondary N) is 2. The molecule has 0 amide bonds. The molecule has 0 saturated carbocycles. The van der Waals surface area contributed by atoms with Crippen molar-refractivity contribution in [2.24, 2.45) is 5.73 Å². The molecule has 0 aliphatic carbocycles. The summed E-state index contributed by atoms with van der Waals surface area (Å²) < 4.78 is 43.3. The highest BCUT2D eigenvalue weighted by Gasteiger charge is 2.27. The summed E-state index contributed by atoms with van der Waals surface area (Å²) in [4.78, 5) is 0. The third kappa shape index (κ3) is 8.30. The Hall–Kier alpha value is -0.500. The maximum Gasteiger partial charge on any atom is 0.288 e. The van der Waals surface area contributed by atoms with Crippen LogP contribution in [0.15, 0.2) is 0 Å². The van der Waals surface area contributed by atoms with E-state index in [1.54, 1.807) is 20.8 Å². The molecule has 0 saturated heterocycles. The van der Waals surface area contributed by atoms with E-state index >= 15 is 0 Å². The van der Waals surface area contributed by atoms with Gasteiger partial charge in [0.15, 0.2) is 0 Å². The molecular weight excluding hydrogens is 290 g/mol. The Bertz CT molecular complexity index is 451. The molecule has 0 aromatic rings. The minimum atomic E-state index is -3.85. The van der Waals surface area contributed by atoms with Gasteiger partial charge in [0.25, 0.3) is 10.2 Å². The molecule has 9 heteroatoms. The Morgan fingerprint density at radius 2 is 2.00 bits per heavy atom. The van der Waals surface area contributed by atoms with Crippen molar-refractivity contribution in [1.29, 1.82) is 0 Å². The fourth-order valence-corrected chi connectivity index (χ4v) is 3.43. The van der Waals surface area contributed by atoms with Crippen molar-refractivity contribution in [2.75, 3.05) is 26.3 Å². The summed E-state index contributed by atoms with van der Waals surface area (Å²) in [6.45, 7) is 5.79. The lowest BCUT2D eigenvalue weighted by Crippen LogP contribution is -2.44. The fourth-order valence-electron chi connectivity index (χ4n) is 1.01. The first-order valence-corrected chi connectivity index (χ1v) is 8.29. The molecule has 0 fully saturated rings. The largest absolute Gasteiger partial charge is 0.379 e. The lowest BCUT2D eigenvalue weighted by molar-refractivity contribution is 0.147. The minimum Gasteiger partial charge on any atom is -0.379 e. The number of hydrogen-bond acceptors (Lipinski definition) is 5. The summed E-state index contributed by atoms with van der Waals surface area (Å²) in [7, 11) is -5.69. The Kier molecular flexibility index (Phi) is 8.40. The van der Waals surface area contributed by atoms with E-state index in [-0.39, 0.29) is 13.2 Å².